The van der Waals surface area contributed by atoms with Crippen LogP contribution in [-0.2, 0) is 6.42 Å². The fourth-order valence-electron chi connectivity index (χ4n) is 4.28. The summed E-state index contributed by atoms with van der Waals surface area (Å²) in [5.74, 6) is 0.766. The summed E-state index contributed by atoms with van der Waals surface area (Å²) in [7, 11) is 1.65. The summed E-state index contributed by atoms with van der Waals surface area (Å²) in [6, 6.07) is 26.0. The maximum absolute atomic E-state index is 13.4. The molecule has 6 heteroatoms. The lowest BCUT2D eigenvalue weighted by Gasteiger charge is -2.26. The molecule has 0 fully saturated rings. The van der Waals surface area contributed by atoms with E-state index in [0.29, 0.717) is 12.2 Å². The van der Waals surface area contributed by atoms with E-state index in [1.807, 2.05) is 59.5 Å². The minimum Gasteiger partial charge on any atom is -0.497 e. The quantitative estimate of drug-likeness (QED) is 0.383. The molecule has 0 aliphatic carbocycles. The van der Waals surface area contributed by atoms with Crippen LogP contribution in [0.15, 0.2) is 83.3 Å². The van der Waals surface area contributed by atoms with Crippen molar-refractivity contribution in [1.82, 2.24) is 15.1 Å². The number of benzene rings is 3. The predicted octanol–water partition coefficient (Wildman–Crippen LogP) is 5.64. The molecule has 0 radical (unpaired) electrons. The molecule has 0 bridgehead atoms. The van der Waals surface area contributed by atoms with Crippen molar-refractivity contribution >= 4 is 21.8 Å². The maximum Gasteiger partial charge on any atom is 0.273 e. The highest BCUT2D eigenvalue weighted by atomic mass is 79.9. The normalized spacial score (nSPS) is 15.1. The summed E-state index contributed by atoms with van der Waals surface area (Å²) in [4.78, 5) is 15.4. The number of H-pyrrole nitrogens is 1. The van der Waals surface area contributed by atoms with Crippen LogP contribution in [0.1, 0.15) is 33.2 Å². The fourth-order valence-corrected chi connectivity index (χ4v) is 4.55. The summed E-state index contributed by atoms with van der Waals surface area (Å²) >= 11 is 3.52. The number of hydrogen-bond acceptors (Lipinski definition) is 3. The summed E-state index contributed by atoms with van der Waals surface area (Å²) in [6.45, 7) is 0.619. The lowest BCUT2D eigenvalue weighted by molar-refractivity contribution is 0.0746. The van der Waals surface area contributed by atoms with Crippen LogP contribution in [0.3, 0.4) is 0 Å². The zero-order valence-electron chi connectivity index (χ0n) is 17.6. The second-order valence-corrected chi connectivity index (χ2v) is 8.69. The molecule has 1 aliphatic rings. The topological polar surface area (TPSA) is 58.2 Å². The van der Waals surface area contributed by atoms with Gasteiger partial charge in [0.25, 0.3) is 5.91 Å². The van der Waals surface area contributed by atoms with Gasteiger partial charge in [-0.1, -0.05) is 58.4 Å². The molecular formula is C26H22BrN3O2. The summed E-state index contributed by atoms with van der Waals surface area (Å²) < 4.78 is 6.30. The summed E-state index contributed by atoms with van der Waals surface area (Å²) in [6.07, 6.45) is 0.787. The van der Waals surface area contributed by atoms with Gasteiger partial charge in [0.1, 0.15) is 11.4 Å². The second-order valence-electron chi connectivity index (χ2n) is 7.78. The number of aromatic nitrogens is 2. The van der Waals surface area contributed by atoms with Crippen molar-refractivity contribution in [3.05, 3.63) is 106 Å². The Labute approximate surface area is 195 Å². The summed E-state index contributed by atoms with van der Waals surface area (Å²) in [5, 5.41) is 7.56. The van der Waals surface area contributed by atoms with E-state index in [2.05, 4.69) is 50.4 Å². The zero-order chi connectivity index (χ0) is 22.1. The van der Waals surface area contributed by atoms with Gasteiger partial charge in [0.2, 0.25) is 0 Å². The number of fused-ring (bicyclic) bond motifs is 1. The molecule has 160 valence electrons. The Balaban J connectivity index is 1.56. The molecule has 1 amide bonds. The van der Waals surface area contributed by atoms with Gasteiger partial charge in [-0.3, -0.25) is 9.89 Å². The standard InChI is InChI=1S/C26H22BrN3O2/c1-32-21-13-9-18(10-14-21)23-22-24(29-28-23)26(31)30(16-15-17-5-3-2-4-6-17)25(22)19-7-11-20(27)12-8-19/h2-14,25H,15-16H2,1H3,(H,28,29). The third-order valence-electron chi connectivity index (χ3n) is 5.90. The van der Waals surface area contributed by atoms with Crippen molar-refractivity contribution in [2.24, 2.45) is 0 Å². The second kappa shape index (κ2) is 8.63. The molecule has 5 nitrogen and oxygen atoms in total. The molecule has 1 aromatic heterocycles. The minimum atomic E-state index is -0.204. The van der Waals surface area contributed by atoms with E-state index in [1.54, 1.807) is 7.11 Å². The van der Waals surface area contributed by atoms with Crippen LogP contribution in [-0.4, -0.2) is 34.7 Å². The van der Waals surface area contributed by atoms with Crippen molar-refractivity contribution in [3.63, 3.8) is 0 Å². The lowest BCUT2D eigenvalue weighted by Crippen LogP contribution is -2.31. The van der Waals surface area contributed by atoms with Crippen molar-refractivity contribution in [2.75, 3.05) is 13.7 Å². The lowest BCUT2D eigenvalue weighted by atomic mass is 9.96. The average molecular weight is 488 g/mol. The molecule has 0 saturated carbocycles. The monoisotopic (exact) mass is 487 g/mol. The molecule has 1 aliphatic heterocycles. The molecule has 0 saturated heterocycles. The van der Waals surface area contributed by atoms with Gasteiger partial charge >= 0.3 is 0 Å². The zero-order valence-corrected chi connectivity index (χ0v) is 19.2. The number of rotatable bonds is 6. The fraction of sp³-hybridized carbons (Fsp3) is 0.154. The van der Waals surface area contributed by atoms with E-state index < -0.39 is 0 Å². The van der Waals surface area contributed by atoms with E-state index >= 15 is 0 Å². The number of nitrogens with one attached hydrogen (secondary N) is 1. The van der Waals surface area contributed by atoms with Crippen molar-refractivity contribution in [2.45, 2.75) is 12.5 Å². The third-order valence-corrected chi connectivity index (χ3v) is 6.43. The largest absolute Gasteiger partial charge is 0.497 e. The number of halogens is 1. The smallest absolute Gasteiger partial charge is 0.273 e. The first-order chi connectivity index (χ1) is 15.7. The van der Waals surface area contributed by atoms with Crippen LogP contribution in [0.25, 0.3) is 11.3 Å². The van der Waals surface area contributed by atoms with Crippen LogP contribution in [0.5, 0.6) is 5.75 Å². The van der Waals surface area contributed by atoms with Crippen molar-refractivity contribution < 1.29 is 9.53 Å². The van der Waals surface area contributed by atoms with Crippen molar-refractivity contribution in [3.8, 4) is 17.0 Å². The predicted molar refractivity (Wildman–Crippen MR) is 128 cm³/mol. The molecule has 1 N–H and O–H groups in total. The maximum atomic E-state index is 13.4. The van der Waals surface area contributed by atoms with Crippen LogP contribution in [0.4, 0.5) is 0 Å². The Morgan fingerprint density at radius 2 is 1.72 bits per heavy atom. The Bertz CT molecular complexity index is 1230. The van der Waals surface area contributed by atoms with Crippen molar-refractivity contribution in [1.29, 1.82) is 0 Å². The highest BCUT2D eigenvalue weighted by Gasteiger charge is 2.41. The number of carbonyl (C=O) groups excluding carboxylic acids is 1. The Morgan fingerprint density at radius 3 is 2.41 bits per heavy atom. The van der Waals surface area contributed by atoms with Gasteiger partial charge in [0.05, 0.1) is 18.8 Å². The van der Waals surface area contributed by atoms with Gasteiger partial charge in [-0.2, -0.15) is 5.10 Å². The molecule has 3 aromatic carbocycles. The molecule has 4 aromatic rings. The number of nitrogens with zero attached hydrogens (tertiary/aromatic N) is 2. The highest BCUT2D eigenvalue weighted by Crippen LogP contribution is 2.43. The minimum absolute atomic E-state index is 0.0175. The van der Waals surface area contributed by atoms with E-state index in [1.165, 1.54) is 5.56 Å². The van der Waals surface area contributed by atoms with Gasteiger partial charge in [0.15, 0.2) is 0 Å². The summed E-state index contributed by atoms with van der Waals surface area (Å²) in [5.41, 5.74) is 5.50. The molecule has 1 atom stereocenters. The third kappa shape index (κ3) is 3.71. The Kier molecular flexibility index (Phi) is 5.53. The van der Waals surface area contributed by atoms with Crippen LogP contribution in [0.2, 0.25) is 0 Å². The average Bonchev–Trinajstić information content (AvgIpc) is 3.38. The van der Waals surface area contributed by atoms with Gasteiger partial charge in [0, 0.05) is 22.1 Å². The van der Waals surface area contributed by atoms with Gasteiger partial charge in [-0.05, 0) is 53.9 Å². The van der Waals surface area contributed by atoms with E-state index in [0.717, 1.165) is 39.0 Å². The number of amides is 1. The van der Waals surface area contributed by atoms with Gasteiger partial charge < -0.3 is 9.64 Å². The first kappa shape index (κ1) is 20.5. The molecule has 2 heterocycles. The molecule has 5 rings (SSSR count). The molecule has 1 unspecified atom stereocenters. The molecular weight excluding hydrogens is 466 g/mol. The van der Waals surface area contributed by atoms with E-state index in [-0.39, 0.29) is 11.9 Å². The highest BCUT2D eigenvalue weighted by molar-refractivity contribution is 9.10. The van der Waals surface area contributed by atoms with Gasteiger partial charge in [-0.25, -0.2) is 0 Å². The number of carbonyl (C=O) groups is 1. The van der Waals surface area contributed by atoms with E-state index in [9.17, 15) is 4.79 Å². The first-order valence-electron chi connectivity index (χ1n) is 10.5. The molecule has 32 heavy (non-hydrogen) atoms. The van der Waals surface area contributed by atoms with E-state index in [4.69, 9.17) is 4.74 Å². The SMILES string of the molecule is COc1ccc(-c2n[nH]c3c2C(c2ccc(Br)cc2)N(CCc2ccccc2)C3=O)cc1. The van der Waals surface area contributed by atoms with Crippen LogP contribution < -0.4 is 4.74 Å². The number of aromatic amines is 1. The first-order valence-corrected chi connectivity index (χ1v) is 11.3. The number of ether oxygens (including phenoxy) is 1. The number of hydrogen-bond donors (Lipinski definition) is 1. The Hall–Kier alpha value is -3.38. The van der Waals surface area contributed by atoms with Crippen LogP contribution in [0, 0.1) is 0 Å². The molecule has 0 spiro atoms. The van der Waals surface area contributed by atoms with Crippen LogP contribution >= 0.6 is 15.9 Å². The Morgan fingerprint density at radius 1 is 1.00 bits per heavy atom. The number of methoxy groups -OCH3 is 1. The van der Waals surface area contributed by atoms with Gasteiger partial charge in [-0.15, -0.1) is 0 Å².